The third-order valence-corrected chi connectivity index (χ3v) is 5.42. The fourth-order valence-electron chi connectivity index (χ4n) is 3.07. The highest BCUT2D eigenvalue weighted by Crippen LogP contribution is 2.22. The van der Waals surface area contributed by atoms with E-state index in [0.717, 1.165) is 11.4 Å². The second-order valence-electron chi connectivity index (χ2n) is 6.70. The Bertz CT molecular complexity index is 1260. The van der Waals surface area contributed by atoms with E-state index in [0.29, 0.717) is 27.6 Å². The molecule has 2 aromatic carbocycles. The maximum atomic E-state index is 13.1. The van der Waals surface area contributed by atoms with E-state index >= 15 is 0 Å². The molecule has 0 atom stereocenters. The second-order valence-corrected chi connectivity index (χ2v) is 7.76. The van der Waals surface area contributed by atoms with E-state index in [2.05, 4.69) is 15.3 Å². The number of carbonyl (C=O) groups is 1. The van der Waals surface area contributed by atoms with Gasteiger partial charge in [0.15, 0.2) is 5.16 Å². The number of hydrogen-bond acceptors (Lipinski definition) is 5. The maximum Gasteiger partial charge on any atom is 0.266 e. The molecule has 1 amide bonds. The minimum absolute atomic E-state index is 0.122. The molecule has 0 bridgehead atoms. The number of aromatic nitrogens is 3. The Kier molecular flexibility index (Phi) is 5.90. The normalized spacial score (nSPS) is 10.8. The van der Waals surface area contributed by atoms with E-state index in [-0.39, 0.29) is 17.9 Å². The number of amides is 1. The van der Waals surface area contributed by atoms with Crippen molar-refractivity contribution in [1.29, 1.82) is 0 Å². The van der Waals surface area contributed by atoms with Crippen LogP contribution in [0.4, 0.5) is 5.82 Å². The SMILES string of the molecule is Cc1cccc(NC(=O)CCSc2nc3ccccc3c(=O)n2-c2ccccc2)n1. The molecule has 4 aromatic rings. The van der Waals surface area contributed by atoms with Crippen molar-refractivity contribution >= 4 is 34.4 Å². The monoisotopic (exact) mass is 416 g/mol. The van der Waals surface area contributed by atoms with Crippen molar-refractivity contribution < 1.29 is 4.79 Å². The van der Waals surface area contributed by atoms with E-state index in [1.807, 2.05) is 67.6 Å². The summed E-state index contributed by atoms with van der Waals surface area (Å²) in [6.45, 7) is 1.87. The largest absolute Gasteiger partial charge is 0.311 e. The molecule has 0 spiro atoms. The Morgan fingerprint density at radius 1 is 0.967 bits per heavy atom. The molecular weight excluding hydrogens is 396 g/mol. The van der Waals surface area contributed by atoms with Gasteiger partial charge in [0, 0.05) is 17.9 Å². The number of benzene rings is 2. The highest BCUT2D eigenvalue weighted by atomic mass is 32.2. The summed E-state index contributed by atoms with van der Waals surface area (Å²) in [5.41, 5.74) is 2.11. The van der Waals surface area contributed by atoms with Crippen LogP contribution in [0.15, 0.2) is 82.7 Å². The van der Waals surface area contributed by atoms with Gasteiger partial charge in [-0.05, 0) is 43.3 Å². The third kappa shape index (κ3) is 4.41. The average molecular weight is 417 g/mol. The molecule has 0 saturated carbocycles. The first-order valence-corrected chi connectivity index (χ1v) is 10.5. The number of rotatable bonds is 6. The molecule has 2 heterocycles. The highest BCUT2D eigenvalue weighted by Gasteiger charge is 2.14. The standard InChI is InChI=1S/C23H20N4O2S/c1-16-8-7-13-20(24-16)26-21(28)14-15-30-23-25-19-12-6-5-11-18(19)22(29)27(23)17-9-3-2-4-10-17/h2-13H,14-15H2,1H3,(H,24,26,28). The lowest BCUT2D eigenvalue weighted by Gasteiger charge is -2.13. The maximum absolute atomic E-state index is 13.1. The van der Waals surface area contributed by atoms with Gasteiger partial charge in [0.25, 0.3) is 5.56 Å². The first-order valence-electron chi connectivity index (χ1n) is 9.55. The summed E-state index contributed by atoms with van der Waals surface area (Å²) in [7, 11) is 0. The lowest BCUT2D eigenvalue weighted by atomic mass is 10.2. The summed E-state index contributed by atoms with van der Waals surface area (Å²) in [5, 5.41) is 3.93. The Labute approximate surface area is 178 Å². The molecule has 150 valence electrons. The summed E-state index contributed by atoms with van der Waals surface area (Å²) in [6, 6.07) is 22.2. The highest BCUT2D eigenvalue weighted by molar-refractivity contribution is 7.99. The van der Waals surface area contributed by atoms with Crippen molar-refractivity contribution in [3.05, 3.63) is 88.8 Å². The molecule has 2 aromatic heterocycles. The van der Waals surface area contributed by atoms with Gasteiger partial charge in [0.2, 0.25) is 5.91 Å². The molecule has 7 heteroatoms. The van der Waals surface area contributed by atoms with Gasteiger partial charge in [-0.25, -0.2) is 9.97 Å². The van der Waals surface area contributed by atoms with Crippen molar-refractivity contribution in [1.82, 2.24) is 14.5 Å². The molecule has 0 unspecified atom stereocenters. The lowest BCUT2D eigenvalue weighted by Crippen LogP contribution is -2.22. The first-order chi connectivity index (χ1) is 14.6. The molecule has 30 heavy (non-hydrogen) atoms. The number of hydrogen-bond donors (Lipinski definition) is 1. The minimum Gasteiger partial charge on any atom is -0.311 e. The van der Waals surface area contributed by atoms with Crippen LogP contribution in [-0.2, 0) is 4.79 Å². The quantitative estimate of drug-likeness (QED) is 0.376. The summed E-state index contributed by atoms with van der Waals surface area (Å²) >= 11 is 1.38. The number of aryl methyl sites for hydroxylation is 1. The van der Waals surface area contributed by atoms with Gasteiger partial charge >= 0.3 is 0 Å². The number of fused-ring (bicyclic) bond motifs is 1. The van der Waals surface area contributed by atoms with Crippen molar-refractivity contribution in [2.24, 2.45) is 0 Å². The van der Waals surface area contributed by atoms with Crippen LogP contribution >= 0.6 is 11.8 Å². The zero-order chi connectivity index (χ0) is 20.9. The summed E-state index contributed by atoms with van der Waals surface area (Å²) in [5.74, 6) is 0.889. The lowest BCUT2D eigenvalue weighted by molar-refractivity contribution is -0.115. The fraction of sp³-hybridized carbons (Fsp3) is 0.130. The van der Waals surface area contributed by atoms with Gasteiger partial charge in [0.05, 0.1) is 16.6 Å². The number of carbonyl (C=O) groups excluding carboxylic acids is 1. The van der Waals surface area contributed by atoms with Crippen molar-refractivity contribution in [2.45, 2.75) is 18.5 Å². The van der Waals surface area contributed by atoms with Crippen LogP contribution in [0.2, 0.25) is 0 Å². The zero-order valence-electron chi connectivity index (χ0n) is 16.4. The Morgan fingerprint density at radius 2 is 1.73 bits per heavy atom. The van der Waals surface area contributed by atoms with E-state index < -0.39 is 0 Å². The fourth-order valence-corrected chi connectivity index (χ4v) is 4.02. The van der Waals surface area contributed by atoms with Gasteiger partial charge in [-0.15, -0.1) is 0 Å². The summed E-state index contributed by atoms with van der Waals surface area (Å²) < 4.78 is 1.60. The number of nitrogens with one attached hydrogen (secondary N) is 1. The zero-order valence-corrected chi connectivity index (χ0v) is 17.2. The molecule has 0 aliphatic carbocycles. The number of anilines is 1. The molecule has 0 fully saturated rings. The molecule has 0 radical (unpaired) electrons. The van der Waals surface area contributed by atoms with Crippen molar-refractivity contribution in [2.75, 3.05) is 11.1 Å². The molecule has 0 aliphatic heterocycles. The van der Waals surface area contributed by atoms with E-state index in [1.165, 1.54) is 11.8 Å². The number of para-hydroxylation sites is 2. The summed E-state index contributed by atoms with van der Waals surface area (Å²) in [4.78, 5) is 34.4. The van der Waals surface area contributed by atoms with Crippen LogP contribution in [0, 0.1) is 6.92 Å². The van der Waals surface area contributed by atoms with Gasteiger partial charge in [0.1, 0.15) is 5.82 Å². The van der Waals surface area contributed by atoms with Gasteiger partial charge < -0.3 is 5.32 Å². The van der Waals surface area contributed by atoms with Crippen LogP contribution in [0.1, 0.15) is 12.1 Å². The Hall–Kier alpha value is -3.45. The van der Waals surface area contributed by atoms with E-state index in [4.69, 9.17) is 0 Å². The third-order valence-electron chi connectivity index (χ3n) is 4.48. The predicted molar refractivity (Wildman–Crippen MR) is 120 cm³/mol. The molecule has 4 rings (SSSR count). The smallest absolute Gasteiger partial charge is 0.266 e. The van der Waals surface area contributed by atoms with Gasteiger partial charge in [-0.1, -0.05) is 48.2 Å². The van der Waals surface area contributed by atoms with Crippen molar-refractivity contribution in [3.8, 4) is 5.69 Å². The molecule has 0 saturated heterocycles. The van der Waals surface area contributed by atoms with Crippen LogP contribution in [-0.4, -0.2) is 26.2 Å². The van der Waals surface area contributed by atoms with Crippen LogP contribution in [0.3, 0.4) is 0 Å². The molecular formula is C23H20N4O2S. The van der Waals surface area contributed by atoms with Crippen molar-refractivity contribution in [3.63, 3.8) is 0 Å². The Balaban J connectivity index is 1.56. The molecule has 6 nitrogen and oxygen atoms in total. The van der Waals surface area contributed by atoms with Crippen LogP contribution in [0.25, 0.3) is 16.6 Å². The predicted octanol–water partition coefficient (Wildman–Crippen LogP) is 4.21. The first kappa shape index (κ1) is 19.8. The van der Waals surface area contributed by atoms with Crippen LogP contribution < -0.4 is 10.9 Å². The number of nitrogens with zero attached hydrogens (tertiary/aromatic N) is 3. The van der Waals surface area contributed by atoms with E-state index in [9.17, 15) is 9.59 Å². The van der Waals surface area contributed by atoms with Gasteiger partial charge in [-0.2, -0.15) is 0 Å². The summed E-state index contributed by atoms with van der Waals surface area (Å²) in [6.07, 6.45) is 0.276. The topological polar surface area (TPSA) is 76.9 Å². The molecule has 1 N–H and O–H groups in total. The number of pyridine rings is 1. The minimum atomic E-state index is -0.130. The number of thioether (sulfide) groups is 1. The average Bonchev–Trinajstić information content (AvgIpc) is 2.74. The van der Waals surface area contributed by atoms with Gasteiger partial charge in [-0.3, -0.25) is 14.2 Å². The van der Waals surface area contributed by atoms with Crippen LogP contribution in [0.5, 0.6) is 0 Å². The van der Waals surface area contributed by atoms with E-state index in [1.54, 1.807) is 16.7 Å². The Morgan fingerprint density at radius 3 is 2.53 bits per heavy atom. The second kappa shape index (κ2) is 8.92. The molecule has 0 aliphatic rings.